The maximum absolute atomic E-state index is 12.4. The molecule has 5 nitrogen and oxygen atoms in total. The number of H-pyrrole nitrogens is 1. The Hall–Kier alpha value is -1.88. The lowest BCUT2D eigenvalue weighted by molar-refractivity contribution is 0.668. The molecule has 0 aromatic carbocycles. The minimum Gasteiger partial charge on any atom is -0.297 e. The highest BCUT2D eigenvalue weighted by molar-refractivity contribution is 6.30. The van der Waals surface area contributed by atoms with Gasteiger partial charge in [-0.2, -0.15) is 0 Å². The molecule has 0 amide bonds. The number of hydrogen-bond acceptors (Lipinski definition) is 3. The lowest BCUT2D eigenvalue weighted by atomic mass is 10.1. The summed E-state index contributed by atoms with van der Waals surface area (Å²) in [6.45, 7) is 5.78. The van der Waals surface area contributed by atoms with E-state index in [1.54, 1.807) is 6.20 Å². The Labute approximate surface area is 121 Å². The van der Waals surface area contributed by atoms with Crippen LogP contribution < -0.4 is 11.2 Å². The molecular weight excluding hydrogens is 278 g/mol. The van der Waals surface area contributed by atoms with Gasteiger partial charge in [-0.1, -0.05) is 31.5 Å². The van der Waals surface area contributed by atoms with Gasteiger partial charge in [0.15, 0.2) is 0 Å². The van der Waals surface area contributed by atoms with Gasteiger partial charge in [0.2, 0.25) is 0 Å². The van der Waals surface area contributed by atoms with Crippen LogP contribution in [0.4, 0.5) is 0 Å². The van der Waals surface area contributed by atoms with Crippen LogP contribution in [0, 0.1) is 6.92 Å². The Morgan fingerprint density at radius 2 is 2.05 bits per heavy atom. The summed E-state index contributed by atoms with van der Waals surface area (Å²) < 4.78 is 1.15. The smallest absolute Gasteiger partial charge is 0.297 e. The van der Waals surface area contributed by atoms with Crippen LogP contribution in [-0.2, 0) is 6.54 Å². The third-order valence-electron chi connectivity index (χ3n) is 3.06. The van der Waals surface area contributed by atoms with E-state index in [9.17, 15) is 9.59 Å². The number of halogens is 1. The summed E-state index contributed by atoms with van der Waals surface area (Å²) in [7, 11) is 0. The van der Waals surface area contributed by atoms with Crippen molar-refractivity contribution >= 4 is 11.6 Å². The molecule has 0 radical (unpaired) electrons. The molecule has 0 aliphatic heterocycles. The van der Waals surface area contributed by atoms with Crippen molar-refractivity contribution in [1.82, 2.24) is 14.5 Å². The summed E-state index contributed by atoms with van der Waals surface area (Å²) in [5.74, 6) is -0.0609. The SMILES string of the molecule is Cc1ccc(Cn2c(=O)[nH]c(Cl)c(C(C)C)c2=O)cn1. The van der Waals surface area contributed by atoms with Gasteiger partial charge in [0.1, 0.15) is 5.15 Å². The average Bonchev–Trinajstić information content (AvgIpc) is 2.36. The van der Waals surface area contributed by atoms with Crippen LogP contribution in [-0.4, -0.2) is 14.5 Å². The van der Waals surface area contributed by atoms with E-state index in [1.807, 2.05) is 32.9 Å². The van der Waals surface area contributed by atoms with Crippen LogP contribution in [0.1, 0.15) is 36.6 Å². The first-order chi connectivity index (χ1) is 9.40. The summed E-state index contributed by atoms with van der Waals surface area (Å²) in [5, 5.41) is 0.119. The predicted molar refractivity (Wildman–Crippen MR) is 78.5 cm³/mol. The third kappa shape index (κ3) is 2.82. The van der Waals surface area contributed by atoms with Crippen LogP contribution in [0.5, 0.6) is 0 Å². The van der Waals surface area contributed by atoms with Gasteiger partial charge in [-0.05, 0) is 24.5 Å². The van der Waals surface area contributed by atoms with E-state index >= 15 is 0 Å². The third-order valence-corrected chi connectivity index (χ3v) is 3.36. The molecule has 0 aliphatic carbocycles. The molecule has 0 fully saturated rings. The summed E-state index contributed by atoms with van der Waals surface area (Å²) >= 11 is 5.94. The molecule has 2 rings (SSSR count). The van der Waals surface area contributed by atoms with Crippen molar-refractivity contribution in [2.24, 2.45) is 0 Å². The van der Waals surface area contributed by atoms with E-state index in [4.69, 9.17) is 11.6 Å². The standard InChI is InChI=1S/C14H16ClN3O2/c1-8(2)11-12(15)17-14(20)18(13(11)19)7-10-5-4-9(3)16-6-10/h4-6,8H,7H2,1-3H3,(H,17,20). The van der Waals surface area contributed by atoms with Gasteiger partial charge < -0.3 is 0 Å². The fourth-order valence-corrected chi connectivity index (χ4v) is 2.36. The number of hydrogen-bond donors (Lipinski definition) is 1. The zero-order chi connectivity index (χ0) is 14.9. The number of nitrogens with one attached hydrogen (secondary N) is 1. The van der Waals surface area contributed by atoms with Crippen LogP contribution in [0.3, 0.4) is 0 Å². The zero-order valence-corrected chi connectivity index (χ0v) is 12.4. The Morgan fingerprint density at radius 1 is 1.35 bits per heavy atom. The van der Waals surface area contributed by atoms with Crippen molar-refractivity contribution < 1.29 is 0 Å². The molecule has 2 aromatic heterocycles. The maximum Gasteiger partial charge on any atom is 0.329 e. The van der Waals surface area contributed by atoms with Gasteiger partial charge in [-0.15, -0.1) is 0 Å². The van der Waals surface area contributed by atoms with Crippen LogP contribution >= 0.6 is 11.6 Å². The molecule has 0 saturated heterocycles. The van der Waals surface area contributed by atoms with E-state index < -0.39 is 5.69 Å². The fraction of sp³-hybridized carbons (Fsp3) is 0.357. The minimum atomic E-state index is -0.509. The second-order valence-electron chi connectivity index (χ2n) is 5.01. The minimum absolute atomic E-state index is 0.0609. The van der Waals surface area contributed by atoms with Gasteiger partial charge in [0.05, 0.1) is 12.1 Å². The van der Waals surface area contributed by atoms with Gasteiger partial charge in [0.25, 0.3) is 5.56 Å². The molecule has 2 aromatic rings. The number of pyridine rings is 1. The molecule has 2 heterocycles. The molecule has 6 heteroatoms. The zero-order valence-electron chi connectivity index (χ0n) is 11.6. The van der Waals surface area contributed by atoms with Crippen LogP contribution in [0.2, 0.25) is 5.15 Å². The van der Waals surface area contributed by atoms with Crippen molar-refractivity contribution in [1.29, 1.82) is 0 Å². The van der Waals surface area contributed by atoms with Crippen LogP contribution in [0.15, 0.2) is 27.9 Å². The Morgan fingerprint density at radius 3 is 2.60 bits per heavy atom. The maximum atomic E-state index is 12.4. The van der Waals surface area contributed by atoms with Gasteiger partial charge in [-0.3, -0.25) is 19.3 Å². The fourth-order valence-electron chi connectivity index (χ4n) is 1.98. The van der Waals surface area contributed by atoms with Crippen molar-refractivity contribution in [2.45, 2.75) is 33.2 Å². The number of nitrogens with zero attached hydrogens (tertiary/aromatic N) is 2. The van der Waals surface area contributed by atoms with Gasteiger partial charge in [-0.25, -0.2) is 4.79 Å². The summed E-state index contributed by atoms with van der Waals surface area (Å²) in [6.07, 6.45) is 1.66. The van der Waals surface area contributed by atoms with Crippen LogP contribution in [0.25, 0.3) is 0 Å². The summed E-state index contributed by atoms with van der Waals surface area (Å²) in [4.78, 5) is 30.9. The number of aryl methyl sites for hydroxylation is 1. The monoisotopic (exact) mass is 293 g/mol. The molecule has 0 unspecified atom stereocenters. The van der Waals surface area contributed by atoms with Crippen molar-refractivity contribution in [3.05, 3.63) is 61.1 Å². The van der Waals surface area contributed by atoms with Crippen molar-refractivity contribution in [2.75, 3.05) is 0 Å². The normalized spacial score (nSPS) is 11.1. The van der Waals surface area contributed by atoms with Crippen molar-refractivity contribution in [3.63, 3.8) is 0 Å². The number of aromatic amines is 1. The van der Waals surface area contributed by atoms with Gasteiger partial charge >= 0.3 is 5.69 Å². The Bertz CT molecular complexity index is 730. The molecule has 0 aliphatic rings. The average molecular weight is 294 g/mol. The highest BCUT2D eigenvalue weighted by Crippen LogP contribution is 2.16. The van der Waals surface area contributed by atoms with E-state index in [1.165, 1.54) is 0 Å². The highest BCUT2D eigenvalue weighted by Gasteiger charge is 2.15. The molecular formula is C14H16ClN3O2. The van der Waals surface area contributed by atoms with Gasteiger partial charge in [0, 0.05) is 11.9 Å². The molecule has 0 spiro atoms. The molecule has 106 valence electrons. The second-order valence-corrected chi connectivity index (χ2v) is 5.39. The first kappa shape index (κ1) is 14.5. The number of rotatable bonds is 3. The molecule has 0 saturated carbocycles. The molecule has 0 atom stereocenters. The van der Waals surface area contributed by atoms with E-state index in [0.717, 1.165) is 15.8 Å². The first-order valence-corrected chi connectivity index (χ1v) is 6.72. The lowest BCUT2D eigenvalue weighted by Crippen LogP contribution is -2.38. The Kier molecular flexibility index (Phi) is 4.09. The predicted octanol–water partition coefficient (Wildman–Crippen LogP) is 2.07. The second kappa shape index (κ2) is 5.63. The first-order valence-electron chi connectivity index (χ1n) is 6.34. The molecule has 0 bridgehead atoms. The summed E-state index contributed by atoms with van der Waals surface area (Å²) in [6, 6.07) is 3.69. The Balaban J connectivity index is 2.52. The lowest BCUT2D eigenvalue weighted by Gasteiger charge is -2.11. The molecule has 20 heavy (non-hydrogen) atoms. The summed E-state index contributed by atoms with van der Waals surface area (Å²) in [5.41, 5.74) is 1.24. The number of aromatic nitrogens is 3. The topological polar surface area (TPSA) is 67.8 Å². The molecule has 1 N–H and O–H groups in total. The largest absolute Gasteiger partial charge is 0.329 e. The quantitative estimate of drug-likeness (QED) is 0.881. The highest BCUT2D eigenvalue weighted by atomic mass is 35.5. The van der Waals surface area contributed by atoms with E-state index in [2.05, 4.69) is 9.97 Å². The van der Waals surface area contributed by atoms with Crippen molar-refractivity contribution in [3.8, 4) is 0 Å². The van der Waals surface area contributed by atoms with E-state index in [0.29, 0.717) is 5.56 Å². The van der Waals surface area contributed by atoms with E-state index in [-0.39, 0.29) is 23.2 Å².